The van der Waals surface area contributed by atoms with Crippen molar-refractivity contribution in [3.63, 3.8) is 0 Å². The van der Waals surface area contributed by atoms with E-state index >= 15 is 0 Å². The molecular formula is C21H13ClF3N3O2S2. The molecule has 1 amide bonds. The van der Waals surface area contributed by atoms with Crippen LogP contribution < -0.4 is 10.9 Å². The van der Waals surface area contributed by atoms with Gasteiger partial charge in [-0.1, -0.05) is 23.4 Å². The number of aromatic nitrogens is 2. The van der Waals surface area contributed by atoms with Gasteiger partial charge >= 0.3 is 6.18 Å². The van der Waals surface area contributed by atoms with E-state index < -0.39 is 17.6 Å². The molecule has 0 spiro atoms. The van der Waals surface area contributed by atoms with Crippen LogP contribution in [0.1, 0.15) is 5.56 Å². The third kappa shape index (κ3) is 4.82. The van der Waals surface area contributed by atoms with Crippen molar-refractivity contribution in [3.05, 3.63) is 80.9 Å². The highest BCUT2D eigenvalue weighted by molar-refractivity contribution is 7.99. The van der Waals surface area contributed by atoms with Crippen molar-refractivity contribution in [2.75, 3.05) is 11.1 Å². The number of carbonyl (C=O) groups excluding carboxylic acids is 1. The van der Waals surface area contributed by atoms with Crippen LogP contribution in [-0.2, 0) is 11.0 Å². The first-order chi connectivity index (χ1) is 15.2. The van der Waals surface area contributed by atoms with Crippen LogP contribution in [0.5, 0.6) is 0 Å². The molecule has 0 aliphatic heterocycles. The van der Waals surface area contributed by atoms with E-state index in [9.17, 15) is 22.8 Å². The van der Waals surface area contributed by atoms with Crippen molar-refractivity contribution < 1.29 is 18.0 Å². The number of anilines is 1. The highest BCUT2D eigenvalue weighted by Crippen LogP contribution is 2.30. The van der Waals surface area contributed by atoms with Gasteiger partial charge in [0.2, 0.25) is 5.91 Å². The largest absolute Gasteiger partial charge is 0.416 e. The van der Waals surface area contributed by atoms with Gasteiger partial charge in [0, 0.05) is 10.7 Å². The summed E-state index contributed by atoms with van der Waals surface area (Å²) in [5.74, 6) is -0.548. The number of thioether (sulfide) groups is 1. The third-order valence-electron chi connectivity index (χ3n) is 4.36. The molecule has 0 unspecified atom stereocenters. The molecule has 0 fully saturated rings. The van der Waals surface area contributed by atoms with Crippen LogP contribution in [0.15, 0.2) is 69.9 Å². The molecule has 0 saturated heterocycles. The quantitative estimate of drug-likeness (QED) is 0.278. The number of nitrogens with one attached hydrogen (secondary N) is 1. The first kappa shape index (κ1) is 22.4. The molecule has 0 radical (unpaired) electrons. The predicted molar refractivity (Wildman–Crippen MR) is 121 cm³/mol. The van der Waals surface area contributed by atoms with Crippen molar-refractivity contribution in [2.24, 2.45) is 0 Å². The fourth-order valence-electron chi connectivity index (χ4n) is 2.88. The Labute approximate surface area is 192 Å². The van der Waals surface area contributed by atoms with E-state index in [0.29, 0.717) is 26.1 Å². The van der Waals surface area contributed by atoms with Crippen LogP contribution in [0.2, 0.25) is 5.02 Å². The maximum atomic E-state index is 13.0. The minimum atomic E-state index is -4.45. The summed E-state index contributed by atoms with van der Waals surface area (Å²) >= 11 is 8.27. The molecular weight excluding hydrogens is 483 g/mol. The Hall–Kier alpha value is -2.82. The average molecular weight is 496 g/mol. The Balaban J connectivity index is 1.56. The number of carbonyl (C=O) groups is 1. The Kier molecular flexibility index (Phi) is 6.27. The van der Waals surface area contributed by atoms with E-state index in [1.807, 2.05) is 0 Å². The highest BCUT2D eigenvalue weighted by atomic mass is 35.5. The maximum absolute atomic E-state index is 13.0. The van der Waals surface area contributed by atoms with Crippen molar-refractivity contribution >= 4 is 56.5 Å². The number of thiophene rings is 1. The number of hydrogen-bond acceptors (Lipinski definition) is 5. The lowest BCUT2D eigenvalue weighted by Crippen LogP contribution is -2.22. The molecule has 4 rings (SSSR count). The number of nitrogens with zero attached hydrogens (tertiary/aromatic N) is 2. The van der Waals surface area contributed by atoms with Gasteiger partial charge in [-0.05, 0) is 60.0 Å². The summed E-state index contributed by atoms with van der Waals surface area (Å²) in [6.07, 6.45) is -4.45. The summed E-state index contributed by atoms with van der Waals surface area (Å²) in [6.45, 7) is 0. The Bertz CT molecular complexity index is 1330. The van der Waals surface area contributed by atoms with Gasteiger partial charge in [-0.3, -0.25) is 14.2 Å². The zero-order chi connectivity index (χ0) is 22.9. The molecule has 2 aromatic carbocycles. The lowest BCUT2D eigenvalue weighted by molar-refractivity contribution is -0.137. The molecule has 0 aliphatic rings. The Morgan fingerprint density at radius 2 is 1.78 bits per heavy atom. The predicted octanol–water partition coefficient (Wildman–Crippen LogP) is 5.85. The molecule has 11 heteroatoms. The van der Waals surface area contributed by atoms with E-state index in [0.717, 1.165) is 23.9 Å². The molecule has 0 bridgehead atoms. The molecule has 1 N–H and O–H groups in total. The number of amides is 1. The van der Waals surface area contributed by atoms with Crippen LogP contribution in [0.25, 0.3) is 15.9 Å². The van der Waals surface area contributed by atoms with E-state index in [1.54, 1.807) is 35.7 Å². The van der Waals surface area contributed by atoms with E-state index in [-0.39, 0.29) is 17.0 Å². The summed E-state index contributed by atoms with van der Waals surface area (Å²) in [4.78, 5) is 29.9. The van der Waals surface area contributed by atoms with Gasteiger partial charge in [0.15, 0.2) is 5.16 Å². The molecule has 2 aromatic heterocycles. The van der Waals surface area contributed by atoms with Crippen molar-refractivity contribution in [1.29, 1.82) is 0 Å². The minimum Gasteiger partial charge on any atom is -0.325 e. The second-order valence-electron chi connectivity index (χ2n) is 6.56. The van der Waals surface area contributed by atoms with Crippen molar-refractivity contribution in [3.8, 4) is 5.69 Å². The summed E-state index contributed by atoms with van der Waals surface area (Å²) in [5.41, 5.74) is 0.242. The number of rotatable bonds is 5. The van der Waals surface area contributed by atoms with E-state index in [2.05, 4.69) is 10.3 Å². The van der Waals surface area contributed by atoms with E-state index in [1.165, 1.54) is 28.0 Å². The Morgan fingerprint density at radius 3 is 2.44 bits per heavy atom. The van der Waals surface area contributed by atoms with Crippen LogP contribution in [0.4, 0.5) is 18.9 Å². The molecule has 32 heavy (non-hydrogen) atoms. The van der Waals surface area contributed by atoms with E-state index in [4.69, 9.17) is 11.6 Å². The van der Waals surface area contributed by atoms with Crippen molar-refractivity contribution in [2.45, 2.75) is 11.3 Å². The van der Waals surface area contributed by atoms with Crippen LogP contribution in [-0.4, -0.2) is 21.2 Å². The second kappa shape index (κ2) is 8.97. The monoisotopic (exact) mass is 495 g/mol. The summed E-state index contributed by atoms with van der Waals surface area (Å²) in [5, 5.41) is 5.13. The van der Waals surface area contributed by atoms with Gasteiger partial charge < -0.3 is 5.32 Å². The number of hydrogen-bond donors (Lipinski definition) is 1. The zero-order valence-electron chi connectivity index (χ0n) is 16.0. The number of halogens is 4. The van der Waals surface area contributed by atoms with Gasteiger partial charge in [-0.2, -0.15) is 13.2 Å². The standard InChI is InChI=1S/C21H13ClF3N3O2S2/c22-13-3-7-15(8-4-13)28-19(30)18-16(9-10-31-18)27-20(28)32-11-17(29)26-14-5-1-12(2-6-14)21(23,24)25/h1-10H,11H2,(H,26,29). The zero-order valence-corrected chi connectivity index (χ0v) is 18.4. The SMILES string of the molecule is O=C(CSc1nc2ccsc2c(=O)n1-c1ccc(Cl)cc1)Nc1ccc(C(F)(F)F)cc1. The normalized spacial score (nSPS) is 11.6. The highest BCUT2D eigenvalue weighted by Gasteiger charge is 2.30. The van der Waals surface area contributed by atoms with Crippen LogP contribution in [0.3, 0.4) is 0 Å². The smallest absolute Gasteiger partial charge is 0.325 e. The number of benzene rings is 2. The second-order valence-corrected chi connectivity index (χ2v) is 8.85. The van der Waals surface area contributed by atoms with Gasteiger partial charge in [0.1, 0.15) is 4.70 Å². The fourth-order valence-corrected chi connectivity index (χ4v) is 4.57. The number of fused-ring (bicyclic) bond motifs is 1. The molecule has 0 atom stereocenters. The summed E-state index contributed by atoms with van der Waals surface area (Å²) < 4.78 is 39.9. The number of alkyl halides is 3. The minimum absolute atomic E-state index is 0.101. The van der Waals surface area contributed by atoms with Crippen LogP contribution >= 0.6 is 34.7 Å². The molecule has 2 heterocycles. The molecule has 0 saturated carbocycles. The van der Waals surface area contributed by atoms with Crippen LogP contribution in [0, 0.1) is 0 Å². The third-order valence-corrected chi connectivity index (χ3v) is 6.44. The van der Waals surface area contributed by atoms with Gasteiger partial charge in [0.05, 0.1) is 22.5 Å². The van der Waals surface area contributed by atoms with Gasteiger partial charge in [-0.25, -0.2) is 4.98 Å². The summed E-state index contributed by atoms with van der Waals surface area (Å²) in [6, 6.07) is 12.5. The maximum Gasteiger partial charge on any atom is 0.416 e. The first-order valence-electron chi connectivity index (χ1n) is 9.08. The molecule has 0 aliphatic carbocycles. The topological polar surface area (TPSA) is 64.0 Å². The first-order valence-corrected chi connectivity index (χ1v) is 11.3. The molecule has 4 aromatic rings. The van der Waals surface area contributed by atoms with Gasteiger partial charge in [0.25, 0.3) is 5.56 Å². The molecule has 5 nitrogen and oxygen atoms in total. The summed E-state index contributed by atoms with van der Waals surface area (Å²) in [7, 11) is 0. The fraction of sp³-hybridized carbons (Fsp3) is 0.0952. The lowest BCUT2D eigenvalue weighted by Gasteiger charge is -2.12. The molecule has 164 valence electrons. The average Bonchev–Trinajstić information content (AvgIpc) is 3.22. The Morgan fingerprint density at radius 1 is 1.09 bits per heavy atom. The lowest BCUT2D eigenvalue weighted by atomic mass is 10.2. The van der Waals surface area contributed by atoms with Gasteiger partial charge in [-0.15, -0.1) is 11.3 Å². The van der Waals surface area contributed by atoms with Crippen molar-refractivity contribution in [1.82, 2.24) is 9.55 Å².